The summed E-state index contributed by atoms with van der Waals surface area (Å²) in [5.41, 5.74) is 2.29. The molecule has 8 heteroatoms. The van der Waals surface area contributed by atoms with Crippen LogP contribution in [0.4, 0.5) is 11.4 Å². The highest BCUT2D eigenvalue weighted by molar-refractivity contribution is 5.93. The molecule has 2 atom stereocenters. The molecule has 0 aromatic heterocycles. The van der Waals surface area contributed by atoms with E-state index in [1.807, 2.05) is 19.9 Å². The average molecular weight is 481 g/mol. The third kappa shape index (κ3) is 4.42. The Morgan fingerprint density at radius 2 is 1.63 bits per heavy atom. The van der Waals surface area contributed by atoms with Crippen LogP contribution in [0.15, 0.2) is 30.3 Å². The number of hydrogen-bond acceptors (Lipinski definition) is 6. The van der Waals surface area contributed by atoms with Crippen LogP contribution in [0.1, 0.15) is 93.3 Å². The molecule has 0 N–H and O–H groups in total. The van der Waals surface area contributed by atoms with Gasteiger partial charge in [-0.3, -0.25) is 20.2 Å². The van der Waals surface area contributed by atoms with Crippen molar-refractivity contribution in [1.82, 2.24) is 0 Å². The van der Waals surface area contributed by atoms with E-state index in [1.165, 1.54) is 17.5 Å². The van der Waals surface area contributed by atoms with Crippen LogP contribution in [0.5, 0.6) is 5.75 Å². The number of non-ortho nitro benzene ring substituents is 2. The van der Waals surface area contributed by atoms with Crippen molar-refractivity contribution >= 4 is 17.3 Å². The van der Waals surface area contributed by atoms with Gasteiger partial charge in [-0.2, -0.15) is 0 Å². The number of ether oxygens (including phenoxy) is 1. The number of benzene rings is 2. The van der Waals surface area contributed by atoms with Crippen LogP contribution in [0, 0.1) is 31.6 Å². The molecule has 0 saturated heterocycles. The summed E-state index contributed by atoms with van der Waals surface area (Å²) in [4.78, 5) is 34.1. The average Bonchev–Trinajstić information content (AvgIpc) is 2.77. The predicted octanol–water partition coefficient (Wildman–Crippen LogP) is 6.88. The van der Waals surface area contributed by atoms with E-state index in [9.17, 15) is 25.0 Å². The lowest BCUT2D eigenvalue weighted by molar-refractivity contribution is -0.394. The molecular formula is C27H32N2O6. The lowest BCUT2D eigenvalue weighted by Crippen LogP contribution is -2.47. The Morgan fingerprint density at radius 1 is 1.00 bits per heavy atom. The zero-order chi connectivity index (χ0) is 25.7. The van der Waals surface area contributed by atoms with Gasteiger partial charge in [0.05, 0.1) is 21.5 Å². The molecule has 1 fully saturated rings. The van der Waals surface area contributed by atoms with Crippen molar-refractivity contribution in [2.75, 3.05) is 0 Å². The molecule has 4 rings (SSSR count). The minimum Gasteiger partial charge on any atom is -0.423 e. The van der Waals surface area contributed by atoms with Crippen LogP contribution in [0.3, 0.4) is 0 Å². The van der Waals surface area contributed by atoms with Crippen molar-refractivity contribution in [3.05, 3.63) is 72.8 Å². The Labute approximate surface area is 205 Å². The number of hydrogen-bond donors (Lipinski definition) is 0. The monoisotopic (exact) mass is 480 g/mol. The van der Waals surface area contributed by atoms with Crippen molar-refractivity contribution in [3.63, 3.8) is 0 Å². The number of fused-ring (bicyclic) bond motifs is 3. The molecule has 2 aromatic rings. The lowest BCUT2D eigenvalue weighted by Gasteiger charge is -2.54. The minimum absolute atomic E-state index is 0.0314. The van der Waals surface area contributed by atoms with E-state index >= 15 is 0 Å². The molecule has 8 nitrogen and oxygen atoms in total. The lowest BCUT2D eigenvalue weighted by atomic mass is 9.50. The van der Waals surface area contributed by atoms with Gasteiger partial charge in [0, 0.05) is 12.1 Å². The number of carbonyl (C=O) groups is 1. The van der Waals surface area contributed by atoms with Gasteiger partial charge in [0.1, 0.15) is 5.75 Å². The first kappa shape index (κ1) is 24.8. The maximum Gasteiger partial charge on any atom is 0.344 e. The molecule has 2 aliphatic rings. The molecule has 0 amide bonds. The maximum absolute atomic E-state index is 13.1. The van der Waals surface area contributed by atoms with Gasteiger partial charge in [-0.15, -0.1) is 0 Å². The first-order valence-corrected chi connectivity index (χ1v) is 12.2. The molecule has 0 bridgehead atoms. The molecule has 0 heterocycles. The van der Waals surface area contributed by atoms with Crippen LogP contribution < -0.4 is 4.74 Å². The van der Waals surface area contributed by atoms with Crippen molar-refractivity contribution < 1.29 is 19.4 Å². The van der Waals surface area contributed by atoms with Crippen molar-refractivity contribution in [2.24, 2.45) is 11.3 Å². The molecule has 0 radical (unpaired) electrons. The Kier molecular flexibility index (Phi) is 6.19. The fourth-order valence-corrected chi connectivity index (χ4v) is 6.46. The highest BCUT2D eigenvalue weighted by Gasteiger charge is 2.50. The Morgan fingerprint density at radius 3 is 2.20 bits per heavy atom. The van der Waals surface area contributed by atoms with Crippen LogP contribution in [0.25, 0.3) is 0 Å². The van der Waals surface area contributed by atoms with Gasteiger partial charge in [0.15, 0.2) is 0 Å². The fourth-order valence-electron chi connectivity index (χ4n) is 6.46. The van der Waals surface area contributed by atoms with Crippen molar-refractivity contribution in [3.8, 4) is 5.75 Å². The van der Waals surface area contributed by atoms with E-state index in [2.05, 4.69) is 26.8 Å². The van der Waals surface area contributed by atoms with Gasteiger partial charge in [-0.1, -0.05) is 47.1 Å². The molecule has 2 aliphatic carbocycles. The molecule has 0 spiro atoms. The zero-order valence-electron chi connectivity index (χ0n) is 20.9. The Balaban J connectivity index is 1.78. The van der Waals surface area contributed by atoms with Gasteiger partial charge >= 0.3 is 5.97 Å². The molecule has 2 aromatic carbocycles. The largest absolute Gasteiger partial charge is 0.423 e. The number of nitro benzene ring substituents is 2. The van der Waals surface area contributed by atoms with Crippen LogP contribution in [-0.4, -0.2) is 15.8 Å². The number of carbonyl (C=O) groups excluding carboxylic acids is 1. The molecule has 0 unspecified atom stereocenters. The second-order valence-corrected chi connectivity index (χ2v) is 11.2. The van der Waals surface area contributed by atoms with Crippen LogP contribution in [-0.2, 0) is 11.8 Å². The van der Waals surface area contributed by atoms with Crippen molar-refractivity contribution in [1.29, 1.82) is 0 Å². The minimum atomic E-state index is -0.847. The normalized spacial score (nSPS) is 22.7. The number of esters is 1. The summed E-state index contributed by atoms with van der Waals surface area (Å²) in [5, 5.41) is 22.5. The molecular weight excluding hydrogens is 448 g/mol. The first-order valence-electron chi connectivity index (χ1n) is 12.2. The fraction of sp³-hybridized carbons (Fsp3) is 0.519. The smallest absolute Gasteiger partial charge is 0.344 e. The summed E-state index contributed by atoms with van der Waals surface area (Å²) >= 11 is 0. The van der Waals surface area contributed by atoms with Gasteiger partial charge in [0.25, 0.3) is 11.4 Å². The van der Waals surface area contributed by atoms with Gasteiger partial charge in [-0.05, 0) is 71.1 Å². The van der Waals surface area contributed by atoms with Crippen molar-refractivity contribution in [2.45, 2.75) is 78.1 Å². The Hall–Kier alpha value is -3.29. The quantitative estimate of drug-likeness (QED) is 0.200. The third-order valence-corrected chi connectivity index (χ3v) is 8.17. The van der Waals surface area contributed by atoms with E-state index in [0.29, 0.717) is 11.7 Å². The predicted molar refractivity (Wildman–Crippen MR) is 132 cm³/mol. The zero-order valence-corrected chi connectivity index (χ0v) is 20.9. The molecule has 1 saturated carbocycles. The summed E-state index contributed by atoms with van der Waals surface area (Å²) in [6.07, 6.45) is 5.51. The number of aryl methyl sites for hydroxylation is 1. The highest BCUT2D eigenvalue weighted by Crippen LogP contribution is 2.57. The molecule has 35 heavy (non-hydrogen) atoms. The third-order valence-electron chi connectivity index (χ3n) is 8.17. The Bertz CT molecular complexity index is 1190. The SMILES string of the molecule is CC(C)c1cc2c(cc1OC(=O)c1cc([N+](=O)[O-])cc([N+](=O)[O-])c1)[C@@]1(C)CCCC(C)(C)[C@@H]1CC2. The summed E-state index contributed by atoms with van der Waals surface area (Å²) in [6, 6.07) is 7.00. The maximum atomic E-state index is 13.1. The molecule has 0 aliphatic heterocycles. The summed E-state index contributed by atoms with van der Waals surface area (Å²) in [7, 11) is 0. The standard InChI is InChI=1S/C27H32N2O6/c1-16(2)21-13-17-7-8-24-26(3,4)9-6-10-27(24,5)22(17)15-23(21)35-25(30)18-11-19(28(31)32)14-20(12-18)29(33)34/h11-16,24H,6-10H2,1-5H3/t24-,27+/m0/s1. The summed E-state index contributed by atoms with van der Waals surface area (Å²) in [6.45, 7) is 11.1. The van der Waals surface area contributed by atoms with E-state index < -0.39 is 27.2 Å². The highest BCUT2D eigenvalue weighted by atomic mass is 16.6. The van der Waals surface area contributed by atoms with E-state index in [-0.39, 0.29) is 22.3 Å². The van der Waals surface area contributed by atoms with Gasteiger partial charge in [0.2, 0.25) is 0 Å². The van der Waals surface area contributed by atoms with E-state index in [1.54, 1.807) is 0 Å². The number of nitrogens with zero attached hydrogens (tertiary/aromatic N) is 2. The second kappa shape index (κ2) is 8.73. The van der Waals surface area contributed by atoms with Crippen LogP contribution in [0.2, 0.25) is 0 Å². The van der Waals surface area contributed by atoms with E-state index in [0.717, 1.165) is 49.4 Å². The van der Waals surface area contributed by atoms with Gasteiger partial charge in [-0.25, -0.2) is 4.79 Å². The van der Waals surface area contributed by atoms with Gasteiger partial charge < -0.3 is 4.74 Å². The molecule has 186 valence electrons. The number of nitro groups is 2. The summed E-state index contributed by atoms with van der Waals surface area (Å²) < 4.78 is 5.82. The van der Waals surface area contributed by atoms with Crippen LogP contribution >= 0.6 is 0 Å². The first-order chi connectivity index (χ1) is 16.3. The topological polar surface area (TPSA) is 113 Å². The number of rotatable bonds is 5. The van der Waals surface area contributed by atoms with E-state index in [4.69, 9.17) is 4.74 Å². The second-order valence-electron chi connectivity index (χ2n) is 11.2. The summed E-state index contributed by atoms with van der Waals surface area (Å²) in [5.74, 6) is 0.170.